The molecule has 0 N–H and O–H groups in total. The molecule has 0 fully saturated rings. The highest BCUT2D eigenvalue weighted by atomic mass is 16.2. The van der Waals surface area contributed by atoms with Gasteiger partial charge in [0.05, 0.1) is 0 Å². The standard InChI is InChI=1S/C21H22N2O4/c1-13-11-18(24)22(20(13)26)9-7-16-5-4-6-17(15(16)3)8-10-23-19(25)12-14(2)21(23)27/h4-6,11-12H,7-10H2,1-3H3. The zero-order valence-electron chi connectivity index (χ0n) is 15.7. The third kappa shape index (κ3) is 3.60. The number of carbonyl (C=O) groups is 4. The Bertz CT molecular complexity index is 841. The number of imide groups is 2. The molecule has 0 spiro atoms. The first-order valence-electron chi connectivity index (χ1n) is 8.95. The molecule has 3 rings (SSSR count). The van der Waals surface area contributed by atoms with Gasteiger partial charge in [0.2, 0.25) is 0 Å². The lowest BCUT2D eigenvalue weighted by molar-refractivity contribution is -0.138. The van der Waals surface area contributed by atoms with Crippen molar-refractivity contribution in [2.45, 2.75) is 33.6 Å². The number of benzene rings is 1. The van der Waals surface area contributed by atoms with E-state index in [-0.39, 0.29) is 23.6 Å². The molecule has 140 valence electrons. The summed E-state index contributed by atoms with van der Waals surface area (Å²) in [5.41, 5.74) is 4.09. The fourth-order valence-electron chi connectivity index (χ4n) is 3.44. The second kappa shape index (κ2) is 7.31. The molecule has 2 aliphatic heterocycles. The van der Waals surface area contributed by atoms with Crippen LogP contribution in [0.1, 0.15) is 30.5 Å². The second-order valence-electron chi connectivity index (χ2n) is 6.95. The van der Waals surface area contributed by atoms with Gasteiger partial charge in [-0.05, 0) is 50.3 Å². The Morgan fingerprint density at radius 1 is 0.704 bits per heavy atom. The van der Waals surface area contributed by atoms with Crippen molar-refractivity contribution in [2.75, 3.05) is 13.1 Å². The van der Waals surface area contributed by atoms with Crippen molar-refractivity contribution in [1.82, 2.24) is 9.80 Å². The summed E-state index contributed by atoms with van der Waals surface area (Å²) in [6, 6.07) is 5.87. The molecule has 6 heteroatoms. The van der Waals surface area contributed by atoms with Crippen molar-refractivity contribution >= 4 is 23.6 Å². The first kappa shape index (κ1) is 18.8. The number of carbonyl (C=O) groups excluding carboxylic acids is 4. The van der Waals surface area contributed by atoms with Crippen LogP contribution in [-0.2, 0) is 32.0 Å². The Hall–Kier alpha value is -3.02. The van der Waals surface area contributed by atoms with Crippen LogP contribution in [0, 0.1) is 6.92 Å². The van der Waals surface area contributed by atoms with Gasteiger partial charge in [-0.25, -0.2) is 0 Å². The largest absolute Gasteiger partial charge is 0.275 e. The fourth-order valence-corrected chi connectivity index (χ4v) is 3.44. The molecule has 0 unspecified atom stereocenters. The van der Waals surface area contributed by atoms with Gasteiger partial charge in [-0.3, -0.25) is 29.0 Å². The Labute approximate surface area is 158 Å². The average Bonchev–Trinajstić information content (AvgIpc) is 3.01. The molecule has 4 amide bonds. The first-order valence-corrected chi connectivity index (χ1v) is 8.95. The maximum absolute atomic E-state index is 12.0. The van der Waals surface area contributed by atoms with Gasteiger partial charge in [0, 0.05) is 36.4 Å². The molecule has 2 heterocycles. The molecule has 1 aromatic rings. The van der Waals surface area contributed by atoms with Gasteiger partial charge in [0.15, 0.2) is 0 Å². The predicted molar refractivity (Wildman–Crippen MR) is 99.5 cm³/mol. The van der Waals surface area contributed by atoms with Crippen molar-refractivity contribution in [2.24, 2.45) is 0 Å². The van der Waals surface area contributed by atoms with Crippen LogP contribution < -0.4 is 0 Å². The van der Waals surface area contributed by atoms with E-state index in [9.17, 15) is 19.2 Å². The molecular formula is C21H22N2O4. The molecule has 2 aliphatic rings. The second-order valence-corrected chi connectivity index (χ2v) is 6.95. The van der Waals surface area contributed by atoms with Crippen LogP contribution in [0.4, 0.5) is 0 Å². The Balaban J connectivity index is 1.64. The summed E-state index contributed by atoms with van der Waals surface area (Å²) in [7, 11) is 0. The van der Waals surface area contributed by atoms with Gasteiger partial charge in [-0.2, -0.15) is 0 Å². The molecule has 1 aromatic carbocycles. The molecule has 0 saturated carbocycles. The monoisotopic (exact) mass is 366 g/mol. The van der Waals surface area contributed by atoms with E-state index in [1.165, 1.54) is 22.0 Å². The lowest BCUT2D eigenvalue weighted by Gasteiger charge is -2.18. The quantitative estimate of drug-likeness (QED) is 0.719. The van der Waals surface area contributed by atoms with E-state index >= 15 is 0 Å². The number of rotatable bonds is 6. The Kier molecular flexibility index (Phi) is 5.08. The number of hydrogen-bond acceptors (Lipinski definition) is 4. The van der Waals surface area contributed by atoms with Crippen LogP contribution in [0.15, 0.2) is 41.5 Å². The van der Waals surface area contributed by atoms with Crippen molar-refractivity contribution in [3.63, 3.8) is 0 Å². The lowest BCUT2D eigenvalue weighted by Crippen LogP contribution is -2.33. The summed E-state index contributed by atoms with van der Waals surface area (Å²) in [6.45, 7) is 5.94. The molecule has 0 radical (unpaired) electrons. The fraction of sp³-hybridized carbons (Fsp3) is 0.333. The smallest absolute Gasteiger partial charge is 0.256 e. The Morgan fingerprint density at radius 2 is 1.11 bits per heavy atom. The van der Waals surface area contributed by atoms with E-state index in [1.807, 2.05) is 25.1 Å². The minimum atomic E-state index is -0.264. The number of nitrogens with zero attached hydrogens (tertiary/aromatic N) is 2. The molecule has 6 nitrogen and oxygen atoms in total. The van der Waals surface area contributed by atoms with Crippen molar-refractivity contribution in [1.29, 1.82) is 0 Å². The number of hydrogen-bond donors (Lipinski definition) is 0. The first-order chi connectivity index (χ1) is 12.8. The zero-order valence-corrected chi connectivity index (χ0v) is 15.7. The van der Waals surface area contributed by atoms with Gasteiger partial charge >= 0.3 is 0 Å². The summed E-state index contributed by atoms with van der Waals surface area (Å²) in [6.07, 6.45) is 3.87. The van der Waals surface area contributed by atoms with Crippen LogP contribution in [0.2, 0.25) is 0 Å². The van der Waals surface area contributed by atoms with Crippen LogP contribution in [0.3, 0.4) is 0 Å². The zero-order chi connectivity index (χ0) is 19.7. The molecule has 0 atom stereocenters. The van der Waals surface area contributed by atoms with E-state index in [2.05, 4.69) is 0 Å². The number of amides is 4. The molecular weight excluding hydrogens is 344 g/mol. The van der Waals surface area contributed by atoms with E-state index in [4.69, 9.17) is 0 Å². The maximum Gasteiger partial charge on any atom is 0.256 e. The highest BCUT2D eigenvalue weighted by Gasteiger charge is 2.29. The molecule has 0 aliphatic carbocycles. The molecule has 0 saturated heterocycles. The summed E-state index contributed by atoms with van der Waals surface area (Å²) in [5, 5.41) is 0. The van der Waals surface area contributed by atoms with Crippen LogP contribution >= 0.6 is 0 Å². The van der Waals surface area contributed by atoms with Crippen molar-refractivity contribution in [3.8, 4) is 0 Å². The summed E-state index contributed by atoms with van der Waals surface area (Å²) >= 11 is 0. The molecule has 0 bridgehead atoms. The highest BCUT2D eigenvalue weighted by molar-refractivity contribution is 6.16. The summed E-state index contributed by atoms with van der Waals surface area (Å²) in [5.74, 6) is -0.994. The normalized spacial score (nSPS) is 17.1. The Morgan fingerprint density at radius 3 is 1.44 bits per heavy atom. The van der Waals surface area contributed by atoms with Gasteiger partial charge in [-0.15, -0.1) is 0 Å². The van der Waals surface area contributed by atoms with E-state index in [0.29, 0.717) is 37.1 Å². The van der Waals surface area contributed by atoms with Gasteiger partial charge in [0.25, 0.3) is 23.6 Å². The van der Waals surface area contributed by atoms with Gasteiger partial charge in [-0.1, -0.05) is 18.2 Å². The van der Waals surface area contributed by atoms with E-state index in [1.54, 1.807) is 13.8 Å². The lowest BCUT2D eigenvalue weighted by atomic mass is 9.97. The van der Waals surface area contributed by atoms with Crippen molar-refractivity contribution in [3.05, 3.63) is 58.2 Å². The van der Waals surface area contributed by atoms with Crippen LogP contribution in [-0.4, -0.2) is 46.5 Å². The summed E-state index contributed by atoms with van der Waals surface area (Å²) in [4.78, 5) is 50.2. The molecule has 0 aromatic heterocycles. The van der Waals surface area contributed by atoms with Crippen LogP contribution in [0.25, 0.3) is 0 Å². The average molecular weight is 366 g/mol. The third-order valence-electron chi connectivity index (χ3n) is 5.14. The van der Waals surface area contributed by atoms with Gasteiger partial charge in [0.1, 0.15) is 0 Å². The predicted octanol–water partition coefficient (Wildman–Crippen LogP) is 1.71. The van der Waals surface area contributed by atoms with E-state index < -0.39 is 0 Å². The van der Waals surface area contributed by atoms with Crippen molar-refractivity contribution < 1.29 is 19.2 Å². The minimum absolute atomic E-state index is 0.234. The van der Waals surface area contributed by atoms with Gasteiger partial charge < -0.3 is 0 Å². The topological polar surface area (TPSA) is 74.8 Å². The SMILES string of the molecule is CC1=CC(=O)N(CCc2cccc(CCN3C(=O)C=C(C)C3=O)c2C)C1=O. The summed E-state index contributed by atoms with van der Waals surface area (Å²) < 4.78 is 0. The minimum Gasteiger partial charge on any atom is -0.275 e. The maximum atomic E-state index is 12.0. The van der Waals surface area contributed by atoms with Crippen LogP contribution in [0.5, 0.6) is 0 Å². The highest BCUT2D eigenvalue weighted by Crippen LogP contribution is 2.19. The third-order valence-corrected chi connectivity index (χ3v) is 5.14. The van der Waals surface area contributed by atoms with E-state index in [0.717, 1.165) is 16.7 Å². The molecule has 27 heavy (non-hydrogen) atoms.